The number of aromatic nitrogens is 4. The molecule has 0 spiro atoms. The topological polar surface area (TPSA) is 60.7 Å². The largest absolute Gasteiger partial charge is 0.423 e. The zero-order valence-electron chi connectivity index (χ0n) is 29.9. The maximum atomic E-state index is 6.54. The molecule has 260 valence electrons. The van der Waals surface area contributed by atoms with E-state index in [0.29, 0.717) is 5.84 Å². The summed E-state index contributed by atoms with van der Waals surface area (Å²) in [5.41, 5.74) is 11.7. The van der Waals surface area contributed by atoms with Crippen LogP contribution in [0.4, 0.5) is 0 Å². The molecule has 5 aliphatic rings. The van der Waals surface area contributed by atoms with E-state index < -0.39 is 0 Å². The molecule has 9 heterocycles. The number of thiazole rings is 1. The van der Waals surface area contributed by atoms with Gasteiger partial charge in [-0.15, -0.1) is 0 Å². The van der Waals surface area contributed by atoms with E-state index in [-0.39, 0.29) is 27.9 Å². The average molecular weight is 736 g/mol. The maximum Gasteiger partial charge on any atom is 0.381 e. The van der Waals surface area contributed by atoms with Crippen LogP contribution >= 0.6 is 11.3 Å². The lowest BCUT2D eigenvalue weighted by Gasteiger charge is -2.53. The second kappa shape index (κ2) is 11.4. The summed E-state index contributed by atoms with van der Waals surface area (Å²) in [6, 6.07) is 29.6. The van der Waals surface area contributed by atoms with E-state index in [4.69, 9.17) is 14.4 Å². The Morgan fingerprint density at radius 3 is 1.79 bits per heavy atom. The second-order valence-electron chi connectivity index (χ2n) is 14.7. The molecule has 1 fully saturated rings. The summed E-state index contributed by atoms with van der Waals surface area (Å²) < 4.78 is 22.1. The van der Waals surface area contributed by atoms with Crippen molar-refractivity contribution in [2.75, 3.05) is 0 Å². The van der Waals surface area contributed by atoms with Crippen molar-refractivity contribution in [3.05, 3.63) is 181 Å². The Hall–Kier alpha value is -6.78. The summed E-state index contributed by atoms with van der Waals surface area (Å²) in [5, 5.41) is 0. The second-order valence-corrected chi connectivity index (χ2v) is 15.7. The predicted octanol–water partition coefficient (Wildman–Crippen LogP) is 8.27. The molecule has 0 aliphatic carbocycles. The Balaban J connectivity index is 0.923. The summed E-state index contributed by atoms with van der Waals surface area (Å²) in [7, 11) is 0. The molecule has 0 radical (unpaired) electrons. The molecule has 0 amide bonds. The Kier molecular flexibility index (Phi) is 6.20. The summed E-state index contributed by atoms with van der Waals surface area (Å²) in [4.78, 5) is 10.8. The molecule has 4 aromatic heterocycles. The van der Waals surface area contributed by atoms with Crippen LogP contribution in [0, 0.1) is 0 Å². The van der Waals surface area contributed by atoms with Gasteiger partial charge in [0, 0.05) is 11.1 Å². The Bertz CT molecular complexity index is 3030. The third-order valence-corrected chi connectivity index (χ3v) is 12.9. The minimum Gasteiger partial charge on any atom is -0.423 e. The number of rotatable bonds is 2. The van der Waals surface area contributed by atoms with Crippen LogP contribution in [0.2, 0.25) is 0 Å². The van der Waals surface area contributed by atoms with Crippen LogP contribution in [0.25, 0.3) is 65.3 Å². The van der Waals surface area contributed by atoms with E-state index in [1.807, 2.05) is 18.2 Å². The van der Waals surface area contributed by atoms with Gasteiger partial charge in [0.2, 0.25) is 0 Å². The van der Waals surface area contributed by atoms with Crippen molar-refractivity contribution in [2.24, 2.45) is 0 Å². The fourth-order valence-electron chi connectivity index (χ4n) is 9.30. The van der Waals surface area contributed by atoms with Crippen LogP contribution in [0.3, 0.4) is 0 Å². The van der Waals surface area contributed by atoms with E-state index in [1.165, 1.54) is 21.4 Å². The van der Waals surface area contributed by atoms with Gasteiger partial charge in [0.15, 0.2) is 10.5 Å². The maximum absolute atomic E-state index is 6.54. The summed E-state index contributed by atoms with van der Waals surface area (Å²) in [6.45, 7) is -0.243. The molecule has 5 aliphatic heterocycles. The molecule has 0 unspecified atom stereocenters. The zero-order chi connectivity index (χ0) is 36.5. The standard InChI is InChI=1S/C42H28B4N8OS/c1-3-15-35-33(13-1)47-41-53(35)37-17-9-11-31(39(37)55-41)29-19-25-51-44-22-6-8-24-50(44)46-28-30(20-26-52(46)43-21-5-7-23-49(43)45(51)27-29)32-12-10-18-38-40(32)56-42-48-34-14-2-4-16-36(34)54(38)42/h1-28H. The van der Waals surface area contributed by atoms with Gasteiger partial charge in [-0.2, -0.15) is 4.98 Å². The first-order valence-corrected chi connectivity index (χ1v) is 19.8. The van der Waals surface area contributed by atoms with Crippen molar-refractivity contribution in [3.63, 3.8) is 0 Å². The number of fused-ring (bicyclic) bond motifs is 18. The Morgan fingerprint density at radius 1 is 0.500 bits per heavy atom. The molecule has 8 aromatic rings. The van der Waals surface area contributed by atoms with Gasteiger partial charge in [-0.05, 0) is 96.6 Å². The van der Waals surface area contributed by atoms with Gasteiger partial charge < -0.3 is 23.3 Å². The van der Waals surface area contributed by atoms with Gasteiger partial charge >= 0.3 is 33.8 Å². The number of nitrogens with zero attached hydrogens (tertiary/aromatic N) is 8. The molecule has 13 rings (SSSR count). The van der Waals surface area contributed by atoms with E-state index in [9.17, 15) is 0 Å². The predicted molar refractivity (Wildman–Crippen MR) is 232 cm³/mol. The molecule has 0 N–H and O–H groups in total. The van der Waals surface area contributed by atoms with Gasteiger partial charge in [-0.1, -0.05) is 95.9 Å². The van der Waals surface area contributed by atoms with Crippen LogP contribution in [-0.4, -0.2) is 65.6 Å². The monoisotopic (exact) mass is 736 g/mol. The molecular weight excluding hydrogens is 708 g/mol. The minimum absolute atomic E-state index is 0.0444. The summed E-state index contributed by atoms with van der Waals surface area (Å²) in [5.74, 6) is 10.0. The SMILES string of the molecule is C1=CB2N3C=CC(c4cccc5c4oc4nc6ccccc6n45)=CB3N3C=CC=CB3N3C=CC(c4cccc5c4sc4nc6ccccc6n45)=CB3N2C=C1. The smallest absolute Gasteiger partial charge is 0.381 e. The zero-order valence-corrected chi connectivity index (χ0v) is 30.7. The lowest BCUT2D eigenvalue weighted by molar-refractivity contribution is 0.622. The number of hydrogen-bond donors (Lipinski definition) is 0. The number of para-hydroxylation sites is 5. The van der Waals surface area contributed by atoms with E-state index in [2.05, 4.69) is 180 Å². The van der Waals surface area contributed by atoms with E-state index in [0.717, 1.165) is 49.3 Å². The highest BCUT2D eigenvalue weighted by molar-refractivity contribution is 7.24. The first kappa shape index (κ1) is 30.5. The number of imidazole rings is 2. The van der Waals surface area contributed by atoms with E-state index >= 15 is 0 Å². The highest BCUT2D eigenvalue weighted by Gasteiger charge is 2.50. The highest BCUT2D eigenvalue weighted by Crippen LogP contribution is 2.39. The molecular formula is C42H28B4N8OS. The fourth-order valence-corrected chi connectivity index (χ4v) is 10.5. The quantitative estimate of drug-likeness (QED) is 0.166. The molecule has 56 heavy (non-hydrogen) atoms. The van der Waals surface area contributed by atoms with Gasteiger partial charge in [0.25, 0.3) is 0 Å². The molecule has 14 heteroatoms. The van der Waals surface area contributed by atoms with Crippen LogP contribution in [0.15, 0.2) is 175 Å². The summed E-state index contributed by atoms with van der Waals surface area (Å²) in [6.07, 6.45) is 22.2. The Labute approximate surface area is 326 Å². The number of benzene rings is 4. The lowest BCUT2D eigenvalue weighted by atomic mass is 9.41. The van der Waals surface area contributed by atoms with Crippen molar-refractivity contribution in [2.45, 2.75) is 0 Å². The molecule has 0 atom stereocenters. The number of hydrogen-bond acceptors (Lipinski definition) is 8. The molecule has 1 saturated heterocycles. The number of oxazole rings is 1. The van der Waals surface area contributed by atoms with Crippen LogP contribution in [-0.2, 0) is 0 Å². The first-order chi connectivity index (χ1) is 27.8. The molecule has 0 bridgehead atoms. The third kappa shape index (κ3) is 4.19. The molecule has 0 saturated carbocycles. The third-order valence-electron chi connectivity index (χ3n) is 11.8. The van der Waals surface area contributed by atoms with Gasteiger partial charge in [-0.25, -0.2) is 4.98 Å². The van der Waals surface area contributed by atoms with E-state index in [1.54, 1.807) is 11.3 Å². The molecule has 9 nitrogen and oxygen atoms in total. The number of allylic oxidation sites excluding steroid dienone is 8. The van der Waals surface area contributed by atoms with Crippen molar-refractivity contribution in [1.29, 1.82) is 0 Å². The van der Waals surface area contributed by atoms with Gasteiger partial charge in [0.05, 0.1) is 37.8 Å². The van der Waals surface area contributed by atoms with Crippen molar-refractivity contribution in [1.82, 2.24) is 37.7 Å². The van der Waals surface area contributed by atoms with Crippen molar-refractivity contribution in [3.8, 4) is 0 Å². The Morgan fingerprint density at radius 2 is 1.07 bits per heavy atom. The fraction of sp³-hybridized carbons (Fsp3) is 0. The first-order valence-electron chi connectivity index (χ1n) is 18.9. The summed E-state index contributed by atoms with van der Waals surface area (Å²) >= 11 is 1.76. The van der Waals surface area contributed by atoms with Crippen LogP contribution in [0.1, 0.15) is 11.1 Å². The highest BCUT2D eigenvalue weighted by atomic mass is 32.1. The minimum atomic E-state index is -0.0920. The normalized spacial score (nSPS) is 17.5. The van der Waals surface area contributed by atoms with Crippen molar-refractivity contribution >= 4 is 105 Å². The van der Waals surface area contributed by atoms with Crippen LogP contribution in [0.5, 0.6) is 0 Å². The lowest BCUT2D eigenvalue weighted by Crippen LogP contribution is -2.73. The van der Waals surface area contributed by atoms with Gasteiger partial charge in [-0.3, -0.25) is 8.80 Å². The van der Waals surface area contributed by atoms with Crippen molar-refractivity contribution < 1.29 is 4.42 Å². The van der Waals surface area contributed by atoms with Gasteiger partial charge in [0.1, 0.15) is 0 Å². The molecule has 4 aromatic carbocycles. The van der Waals surface area contributed by atoms with Crippen LogP contribution < -0.4 is 0 Å². The average Bonchev–Trinajstić information content (AvgIpc) is 4.01.